The topological polar surface area (TPSA) is 74.2 Å². The van der Waals surface area contributed by atoms with Gasteiger partial charge in [0.1, 0.15) is 11.6 Å². The minimum Gasteiger partial charge on any atom is -0.353 e. The summed E-state index contributed by atoms with van der Waals surface area (Å²) in [6.45, 7) is 4.01. The molecule has 1 saturated heterocycles. The first kappa shape index (κ1) is 17.9. The summed E-state index contributed by atoms with van der Waals surface area (Å²) in [5.41, 5.74) is 1.57. The lowest BCUT2D eigenvalue weighted by molar-refractivity contribution is 0.0950. The van der Waals surface area contributed by atoms with Crippen molar-refractivity contribution in [1.82, 2.24) is 20.3 Å². The highest BCUT2D eigenvalue weighted by Crippen LogP contribution is 2.17. The van der Waals surface area contributed by atoms with E-state index >= 15 is 0 Å². The van der Waals surface area contributed by atoms with Crippen molar-refractivity contribution in [2.75, 3.05) is 36.0 Å². The zero-order valence-electron chi connectivity index (χ0n) is 15.5. The Morgan fingerprint density at radius 2 is 1.57 bits per heavy atom. The molecular weight excluding hydrogens is 352 g/mol. The molecule has 1 amide bonds. The molecule has 3 aromatic rings. The Balaban J connectivity index is 1.31. The molecule has 0 spiro atoms. The van der Waals surface area contributed by atoms with Crippen molar-refractivity contribution in [3.8, 4) is 0 Å². The number of rotatable bonds is 5. The van der Waals surface area contributed by atoms with Gasteiger partial charge in [0.15, 0.2) is 0 Å². The Morgan fingerprint density at radius 1 is 0.857 bits per heavy atom. The zero-order chi connectivity index (χ0) is 19.2. The molecule has 3 aromatic heterocycles. The fourth-order valence-corrected chi connectivity index (χ4v) is 3.20. The third kappa shape index (κ3) is 4.25. The van der Waals surface area contributed by atoms with E-state index in [1.165, 1.54) is 0 Å². The fraction of sp³-hybridized carbons (Fsp3) is 0.238. The molecule has 0 aliphatic carbocycles. The average Bonchev–Trinajstić information content (AvgIpc) is 2.79. The van der Waals surface area contributed by atoms with Crippen molar-refractivity contribution in [3.05, 3.63) is 78.4 Å². The highest BCUT2D eigenvalue weighted by atomic mass is 16.1. The number of carbonyl (C=O) groups is 1. The molecule has 0 saturated carbocycles. The molecule has 0 atom stereocenters. The number of nitrogens with zero attached hydrogens (tertiary/aromatic N) is 5. The smallest absolute Gasteiger partial charge is 0.253 e. The minimum atomic E-state index is -0.129. The molecule has 1 aliphatic heterocycles. The third-order valence-electron chi connectivity index (χ3n) is 4.79. The number of hydrogen-bond acceptors (Lipinski definition) is 6. The van der Waals surface area contributed by atoms with Crippen molar-refractivity contribution in [2.45, 2.75) is 6.54 Å². The van der Waals surface area contributed by atoms with Gasteiger partial charge in [0, 0.05) is 57.5 Å². The number of anilines is 2. The van der Waals surface area contributed by atoms with E-state index in [0.717, 1.165) is 43.4 Å². The molecule has 28 heavy (non-hydrogen) atoms. The van der Waals surface area contributed by atoms with Crippen LogP contribution in [0.1, 0.15) is 15.9 Å². The third-order valence-corrected chi connectivity index (χ3v) is 4.79. The second-order valence-electron chi connectivity index (χ2n) is 6.61. The molecule has 1 fully saturated rings. The SMILES string of the molecule is O=C(NCc1ccncc1)c1ccc(N2CCN(c3ccccn3)CC2)nc1. The van der Waals surface area contributed by atoms with Gasteiger partial charge in [0.05, 0.1) is 5.56 Å². The molecule has 4 heterocycles. The average molecular weight is 374 g/mol. The van der Waals surface area contributed by atoms with Gasteiger partial charge >= 0.3 is 0 Å². The number of nitrogens with one attached hydrogen (secondary N) is 1. The molecule has 1 N–H and O–H groups in total. The largest absolute Gasteiger partial charge is 0.353 e. The molecule has 7 heteroatoms. The second-order valence-corrected chi connectivity index (χ2v) is 6.61. The Hall–Kier alpha value is -3.48. The van der Waals surface area contributed by atoms with Crippen molar-refractivity contribution >= 4 is 17.5 Å². The molecule has 7 nitrogen and oxygen atoms in total. The fourth-order valence-electron chi connectivity index (χ4n) is 3.20. The molecule has 0 unspecified atom stereocenters. The van der Waals surface area contributed by atoms with Gasteiger partial charge in [-0.15, -0.1) is 0 Å². The van der Waals surface area contributed by atoms with Gasteiger partial charge in [-0.05, 0) is 42.0 Å². The number of pyridine rings is 3. The van der Waals surface area contributed by atoms with E-state index in [2.05, 4.69) is 30.1 Å². The highest BCUT2D eigenvalue weighted by Gasteiger charge is 2.19. The van der Waals surface area contributed by atoms with Gasteiger partial charge in [-0.1, -0.05) is 6.07 Å². The van der Waals surface area contributed by atoms with Crippen LogP contribution < -0.4 is 15.1 Å². The first-order valence-electron chi connectivity index (χ1n) is 9.34. The molecule has 0 aromatic carbocycles. The van der Waals surface area contributed by atoms with Crippen LogP contribution in [0.3, 0.4) is 0 Å². The van der Waals surface area contributed by atoms with E-state index in [1.807, 2.05) is 48.7 Å². The summed E-state index contributed by atoms with van der Waals surface area (Å²) in [7, 11) is 0. The van der Waals surface area contributed by atoms with Crippen molar-refractivity contribution < 1.29 is 4.79 Å². The number of piperazine rings is 1. The van der Waals surface area contributed by atoms with Gasteiger partial charge in [0.25, 0.3) is 5.91 Å². The normalized spacial score (nSPS) is 14.0. The predicted octanol–water partition coefficient (Wildman–Crippen LogP) is 2.13. The van der Waals surface area contributed by atoms with Crippen LogP contribution in [0.15, 0.2) is 67.3 Å². The number of carbonyl (C=O) groups excluding carboxylic acids is 1. The summed E-state index contributed by atoms with van der Waals surface area (Å²) in [6, 6.07) is 13.5. The lowest BCUT2D eigenvalue weighted by atomic mass is 10.2. The van der Waals surface area contributed by atoms with Crippen LogP contribution in [-0.4, -0.2) is 47.0 Å². The first-order valence-corrected chi connectivity index (χ1v) is 9.34. The monoisotopic (exact) mass is 374 g/mol. The van der Waals surface area contributed by atoms with Gasteiger partial charge in [0.2, 0.25) is 0 Å². The Kier molecular flexibility index (Phi) is 5.42. The Bertz CT molecular complexity index is 893. The van der Waals surface area contributed by atoms with E-state index in [4.69, 9.17) is 0 Å². The van der Waals surface area contributed by atoms with Gasteiger partial charge in [-0.25, -0.2) is 9.97 Å². The van der Waals surface area contributed by atoms with E-state index in [-0.39, 0.29) is 5.91 Å². The molecule has 142 valence electrons. The van der Waals surface area contributed by atoms with E-state index in [9.17, 15) is 4.79 Å². The van der Waals surface area contributed by atoms with Crippen LogP contribution in [0.4, 0.5) is 11.6 Å². The van der Waals surface area contributed by atoms with E-state index in [0.29, 0.717) is 12.1 Å². The zero-order valence-corrected chi connectivity index (χ0v) is 15.5. The number of hydrogen-bond donors (Lipinski definition) is 1. The van der Waals surface area contributed by atoms with Crippen molar-refractivity contribution in [2.24, 2.45) is 0 Å². The van der Waals surface area contributed by atoms with Crippen LogP contribution in [0.25, 0.3) is 0 Å². The highest BCUT2D eigenvalue weighted by molar-refractivity contribution is 5.94. The maximum absolute atomic E-state index is 12.3. The first-order chi connectivity index (χ1) is 13.8. The number of amides is 1. The molecule has 0 radical (unpaired) electrons. The van der Waals surface area contributed by atoms with Crippen LogP contribution >= 0.6 is 0 Å². The minimum absolute atomic E-state index is 0.129. The predicted molar refractivity (Wildman–Crippen MR) is 108 cm³/mol. The molecule has 0 bridgehead atoms. The molecular formula is C21H22N6O. The van der Waals surface area contributed by atoms with E-state index in [1.54, 1.807) is 18.6 Å². The summed E-state index contributed by atoms with van der Waals surface area (Å²) >= 11 is 0. The standard InChI is InChI=1S/C21H22N6O/c28-21(25-15-17-6-9-22-10-7-17)18-4-5-20(24-16-18)27-13-11-26(12-14-27)19-3-1-2-8-23-19/h1-10,16H,11-15H2,(H,25,28). The lowest BCUT2D eigenvalue weighted by Gasteiger charge is -2.36. The summed E-state index contributed by atoms with van der Waals surface area (Å²) in [5.74, 6) is 1.78. The summed E-state index contributed by atoms with van der Waals surface area (Å²) in [5, 5.41) is 2.90. The van der Waals surface area contributed by atoms with Crippen molar-refractivity contribution in [1.29, 1.82) is 0 Å². The van der Waals surface area contributed by atoms with Crippen LogP contribution in [0.2, 0.25) is 0 Å². The van der Waals surface area contributed by atoms with Crippen LogP contribution in [0.5, 0.6) is 0 Å². The van der Waals surface area contributed by atoms with E-state index < -0.39 is 0 Å². The van der Waals surface area contributed by atoms with Gasteiger partial charge < -0.3 is 15.1 Å². The van der Waals surface area contributed by atoms with Gasteiger partial charge in [-0.3, -0.25) is 9.78 Å². The maximum Gasteiger partial charge on any atom is 0.253 e. The summed E-state index contributed by atoms with van der Waals surface area (Å²) in [6.07, 6.45) is 6.89. The Labute approximate surface area is 164 Å². The summed E-state index contributed by atoms with van der Waals surface area (Å²) < 4.78 is 0. The maximum atomic E-state index is 12.3. The summed E-state index contributed by atoms with van der Waals surface area (Å²) in [4.78, 5) is 29.7. The van der Waals surface area contributed by atoms with Crippen LogP contribution in [-0.2, 0) is 6.54 Å². The Morgan fingerprint density at radius 3 is 2.18 bits per heavy atom. The lowest BCUT2D eigenvalue weighted by Crippen LogP contribution is -2.47. The second kappa shape index (κ2) is 8.47. The van der Waals surface area contributed by atoms with Crippen molar-refractivity contribution in [3.63, 3.8) is 0 Å². The quantitative estimate of drug-likeness (QED) is 0.737. The number of aromatic nitrogens is 3. The van der Waals surface area contributed by atoms with Crippen LogP contribution in [0, 0.1) is 0 Å². The molecule has 1 aliphatic rings. The van der Waals surface area contributed by atoms with Gasteiger partial charge in [-0.2, -0.15) is 0 Å². The molecule has 4 rings (SSSR count).